The van der Waals surface area contributed by atoms with Gasteiger partial charge in [0, 0.05) is 65.0 Å². The Hall–Kier alpha value is -4.71. The molecule has 6 aliphatic rings. The van der Waals surface area contributed by atoms with Crippen LogP contribution in [0.15, 0.2) is 97.3 Å². The second kappa shape index (κ2) is 24.3. The summed E-state index contributed by atoms with van der Waals surface area (Å²) in [6.45, 7) is 1.99. The first-order valence-corrected chi connectivity index (χ1v) is 34.6. The van der Waals surface area contributed by atoms with Gasteiger partial charge in [-0.1, -0.05) is 130 Å². The number of rotatable bonds is 8. The van der Waals surface area contributed by atoms with Crippen LogP contribution in [0.5, 0.6) is 28.7 Å². The maximum Gasteiger partial charge on any atom is 0.164 e. The summed E-state index contributed by atoms with van der Waals surface area (Å²) in [7, 11) is 10.2. The number of methoxy groups -OCH3 is 1. The fourth-order valence-corrected chi connectivity index (χ4v) is 21.5. The molecular weight excluding hydrogens is 1110 g/mol. The van der Waals surface area contributed by atoms with Gasteiger partial charge in [0.15, 0.2) is 28.8 Å². The van der Waals surface area contributed by atoms with Crippen LogP contribution in [-0.4, -0.2) is 97.7 Å². The van der Waals surface area contributed by atoms with E-state index in [1.807, 2.05) is 55.8 Å². The third-order valence-electron chi connectivity index (χ3n) is 20.0. The Morgan fingerprint density at radius 3 is 2.48 bits per heavy atom. The third-order valence-corrected chi connectivity index (χ3v) is 25.3. The number of aliphatic hydroxyl groups is 3. The minimum atomic E-state index is -1.74. The van der Waals surface area contributed by atoms with Crippen LogP contribution >= 0.6 is 43.2 Å². The van der Waals surface area contributed by atoms with Gasteiger partial charge >= 0.3 is 0 Å². The highest BCUT2D eigenvalue weighted by molar-refractivity contribution is 8.77. The smallest absolute Gasteiger partial charge is 0.164 e. The highest BCUT2D eigenvalue weighted by Crippen LogP contribution is 2.59. The van der Waals surface area contributed by atoms with Crippen LogP contribution in [0.1, 0.15) is 132 Å². The van der Waals surface area contributed by atoms with E-state index in [0.717, 1.165) is 119 Å². The van der Waals surface area contributed by atoms with Crippen LogP contribution in [0.2, 0.25) is 0 Å². The first-order chi connectivity index (χ1) is 39.9. The molecule has 3 heterocycles. The number of phenolic OH excluding ortho intramolecular Hbond substituents is 3. The van der Waals surface area contributed by atoms with Gasteiger partial charge in [0.1, 0.15) is 11.9 Å². The number of fused-ring (bicyclic) bond motifs is 8. The number of hydrogen-bond donors (Lipinski definition) is 8. The van der Waals surface area contributed by atoms with Crippen LogP contribution in [-0.2, 0) is 41.4 Å². The van der Waals surface area contributed by atoms with Crippen molar-refractivity contribution in [2.75, 3.05) is 38.0 Å². The van der Waals surface area contributed by atoms with Gasteiger partial charge in [-0.2, -0.15) is 0 Å². The molecule has 0 amide bonds. The molecular formula is C67H78N2O9S4. The first kappa shape index (κ1) is 57.7. The molecule has 0 saturated heterocycles. The Morgan fingerprint density at radius 1 is 0.854 bits per heavy atom. The number of aromatic nitrogens is 1. The number of phenols is 3. The number of aryl methyl sites for hydroxylation is 1. The number of carbonyl (C=O) groups excluding carboxylic acids is 1. The van der Waals surface area contributed by atoms with E-state index in [2.05, 4.69) is 53.6 Å². The summed E-state index contributed by atoms with van der Waals surface area (Å²) in [5.41, 5.74) is 6.39. The Morgan fingerprint density at radius 2 is 1.67 bits per heavy atom. The number of benzene rings is 5. The molecule has 82 heavy (non-hydrogen) atoms. The largest absolute Gasteiger partial charge is 0.507 e. The Bertz CT molecular complexity index is 3340. The molecule has 3 fully saturated rings. The van der Waals surface area contributed by atoms with Gasteiger partial charge in [-0.05, 0) is 168 Å². The Kier molecular flexibility index (Phi) is 17.1. The van der Waals surface area contributed by atoms with E-state index in [9.17, 15) is 30.6 Å². The lowest BCUT2D eigenvalue weighted by Crippen LogP contribution is -2.62. The van der Waals surface area contributed by atoms with Gasteiger partial charge < -0.3 is 50.4 Å². The van der Waals surface area contributed by atoms with Gasteiger partial charge in [0.2, 0.25) is 0 Å². The summed E-state index contributed by atoms with van der Waals surface area (Å²) in [6, 6.07) is 25.5. The van der Waals surface area contributed by atoms with E-state index >= 15 is 4.79 Å². The molecule has 15 heteroatoms. The van der Waals surface area contributed by atoms with E-state index in [1.165, 1.54) is 0 Å². The van der Waals surface area contributed by atoms with Crippen molar-refractivity contribution in [2.24, 2.45) is 29.6 Å². The second-order valence-electron chi connectivity index (χ2n) is 24.1. The molecule has 6 aromatic rings. The summed E-state index contributed by atoms with van der Waals surface area (Å²) in [5, 5.41) is 80.8. The third kappa shape index (κ3) is 10.3. The number of aliphatic hydroxyl groups excluding tert-OH is 3. The highest BCUT2D eigenvalue weighted by Gasteiger charge is 2.62. The minimum absolute atomic E-state index is 0.00396. The normalized spacial score (nSPS) is 30.4. The summed E-state index contributed by atoms with van der Waals surface area (Å²) in [4.78, 5) is 20.9. The second-order valence-corrected chi connectivity index (χ2v) is 29.2. The van der Waals surface area contributed by atoms with Crippen LogP contribution < -0.4 is 14.8 Å². The zero-order valence-corrected chi connectivity index (χ0v) is 50.4. The van der Waals surface area contributed by atoms with Gasteiger partial charge in [0.05, 0.1) is 42.1 Å². The van der Waals surface area contributed by atoms with Crippen molar-refractivity contribution in [3.05, 3.63) is 153 Å². The number of H-pyrrole nitrogens is 1. The quantitative estimate of drug-likeness (QED) is 0.0673. The number of aromatic hydroxyl groups is 3. The minimum Gasteiger partial charge on any atom is -0.507 e. The topological polar surface area (TPSA) is 185 Å². The van der Waals surface area contributed by atoms with Crippen molar-refractivity contribution in [1.82, 2.24) is 10.3 Å². The molecule has 8 N–H and O–H groups in total. The lowest BCUT2D eigenvalue weighted by molar-refractivity contribution is -0.150. The van der Waals surface area contributed by atoms with E-state index in [1.54, 1.807) is 68.5 Å². The molecule has 2 aliphatic heterocycles. The van der Waals surface area contributed by atoms with Crippen molar-refractivity contribution < 1.29 is 44.9 Å². The summed E-state index contributed by atoms with van der Waals surface area (Å²) >= 11 is 0. The van der Waals surface area contributed by atoms with Crippen LogP contribution in [0.25, 0.3) is 16.8 Å². The predicted octanol–water partition coefficient (Wildman–Crippen LogP) is 12.9. The molecule has 1 aromatic heterocycles. The number of ketones is 1. The standard InChI is InChI=1S/C67H78N2O9S4/c1-4-39-15-16-40-11-9-13-49-59(34-70)82-81-36-45-29-60(74)67(47-30-52-48(56(73)31-47)20-19-46-12-7-8-24-66(46,52)68-2,53-37-80-79-35-43-10-5-6-14-57(43)78-58-28-42(53)18-21-54(58)71)65(76)62(45)63(75)44(26-38-23-25-69-33-38)27-41-17-22-55(72)64(77-3)51(41)32-50(39)61(40)49/h9,11,13,15-23,25,28,30-31,33,43-46,53,57,59-60,62-63,68-75H,4-8,10,12,14,24,26-27,29,32,34-37H2,1-3H3/t43-,44-,45+,46-,53+,57+,59+,60-,62-,63+,66+,67+/m1/s1. The lowest BCUT2D eigenvalue weighted by atomic mass is 9.52. The van der Waals surface area contributed by atoms with Gasteiger partial charge in [0.25, 0.3) is 0 Å². The fraction of sp³-hybridized carbons (Fsp3) is 0.478. The fourth-order valence-electron chi connectivity index (χ4n) is 15.8. The van der Waals surface area contributed by atoms with Gasteiger partial charge in [-0.3, -0.25) is 4.79 Å². The van der Waals surface area contributed by atoms with Crippen LogP contribution in [0.3, 0.4) is 0 Å². The number of Topliss-reactive ketones (excluding diaryl/α,β-unsaturated/α-hetero) is 1. The average molecular weight is 1180 g/mol. The summed E-state index contributed by atoms with van der Waals surface area (Å²) in [6.07, 6.45) is 15.3. The van der Waals surface area contributed by atoms with Crippen molar-refractivity contribution in [2.45, 2.75) is 131 Å². The summed E-state index contributed by atoms with van der Waals surface area (Å²) < 4.78 is 13.0. The monoisotopic (exact) mass is 1180 g/mol. The molecule has 12 rings (SSSR count). The Balaban J connectivity index is 1.08. The average Bonchev–Trinajstić information content (AvgIpc) is 2.56. The number of carbonyl (C=O) groups is 1. The maximum atomic E-state index is 17.7. The van der Waals surface area contributed by atoms with Crippen molar-refractivity contribution in [3.8, 4) is 28.7 Å². The highest BCUT2D eigenvalue weighted by atomic mass is 33.1. The van der Waals surface area contributed by atoms with Crippen molar-refractivity contribution in [1.29, 1.82) is 0 Å². The first-order valence-electron chi connectivity index (χ1n) is 29.7. The van der Waals surface area contributed by atoms with E-state index in [0.29, 0.717) is 53.4 Å². The molecule has 2 bridgehead atoms. The van der Waals surface area contributed by atoms with Crippen LogP contribution in [0.4, 0.5) is 0 Å². The molecule has 0 unspecified atom stereocenters. The molecule has 434 valence electrons. The molecule has 3 saturated carbocycles. The zero-order chi connectivity index (χ0) is 56.9. The lowest BCUT2D eigenvalue weighted by Gasteiger charge is -2.53. The van der Waals surface area contributed by atoms with Crippen molar-refractivity contribution >= 4 is 65.8 Å². The molecule has 5 aromatic carbocycles. The summed E-state index contributed by atoms with van der Waals surface area (Å²) in [5.74, 6) is -0.400. The van der Waals surface area contributed by atoms with E-state index in [-0.39, 0.29) is 59.2 Å². The van der Waals surface area contributed by atoms with E-state index < -0.39 is 46.8 Å². The zero-order valence-electron chi connectivity index (χ0n) is 47.2. The number of nitrogens with one attached hydrogen (secondary N) is 2. The van der Waals surface area contributed by atoms with Gasteiger partial charge in [-0.15, -0.1) is 0 Å². The van der Waals surface area contributed by atoms with Gasteiger partial charge in [-0.25, -0.2) is 0 Å². The molecule has 0 spiro atoms. The maximum absolute atomic E-state index is 17.7. The van der Waals surface area contributed by atoms with E-state index in [4.69, 9.17) is 9.47 Å². The van der Waals surface area contributed by atoms with Crippen LogP contribution in [0, 0.1) is 29.6 Å². The molecule has 0 radical (unpaired) electrons. The number of aromatic amines is 1. The predicted molar refractivity (Wildman–Crippen MR) is 335 cm³/mol. The number of ether oxygens (including phenoxy) is 2. The molecule has 4 aliphatic carbocycles. The SMILES string of the molecule is CCc1ccc2cccc3c2c1Cc1c(ccc(O)c1OC)C[C@@H](Cc1cc[nH]c1)[C@H](O)[C@@H]1C(=O)[C@@](c2cc(O)c4c(c2)[C@]2(NC)CCCC[C@@H]2C=C4)([C@H]2CSSC[C@H]4CCCC[C@@H]4Oc4cc2ccc4O)[C@H](O)C[C@H]1CSS[C@H]3CO. The molecule has 11 nitrogen and oxygen atoms in total. The Labute approximate surface area is 498 Å². The number of hydrogen-bond acceptors (Lipinski definition) is 14. The molecule has 12 atom stereocenters. The van der Waals surface area contributed by atoms with Crippen molar-refractivity contribution in [3.63, 3.8) is 0 Å².